The van der Waals surface area contributed by atoms with Crippen LogP contribution in [0.25, 0.3) is 0 Å². The second-order valence-electron chi connectivity index (χ2n) is 7.10. The quantitative estimate of drug-likeness (QED) is 0.900. The van der Waals surface area contributed by atoms with E-state index >= 15 is 0 Å². The summed E-state index contributed by atoms with van der Waals surface area (Å²) in [6.07, 6.45) is 2.42. The van der Waals surface area contributed by atoms with E-state index in [2.05, 4.69) is 18.7 Å². The van der Waals surface area contributed by atoms with Crippen molar-refractivity contribution < 1.29 is 15.0 Å². The van der Waals surface area contributed by atoms with E-state index in [1.165, 1.54) is 5.56 Å². The van der Waals surface area contributed by atoms with Crippen molar-refractivity contribution in [2.75, 3.05) is 13.1 Å². The molecule has 2 heterocycles. The van der Waals surface area contributed by atoms with E-state index in [-0.39, 0.29) is 24.3 Å². The van der Waals surface area contributed by atoms with Gasteiger partial charge < -0.3 is 10.2 Å². The molecular formula is C18H25NO3. The molecule has 0 aromatic heterocycles. The Morgan fingerprint density at radius 3 is 2.82 bits per heavy atom. The van der Waals surface area contributed by atoms with Crippen LogP contribution in [0.2, 0.25) is 0 Å². The van der Waals surface area contributed by atoms with Crippen molar-refractivity contribution in [3.63, 3.8) is 0 Å². The molecule has 22 heavy (non-hydrogen) atoms. The number of nitrogens with zero attached hydrogens (tertiary/aromatic N) is 1. The van der Waals surface area contributed by atoms with Gasteiger partial charge in [0, 0.05) is 37.0 Å². The number of fused-ring (bicyclic) bond motifs is 3. The van der Waals surface area contributed by atoms with Crippen molar-refractivity contribution in [3.8, 4) is 5.75 Å². The maximum Gasteiger partial charge on any atom is 0.139 e. The molecule has 0 aliphatic carbocycles. The first-order valence-corrected chi connectivity index (χ1v) is 8.22. The van der Waals surface area contributed by atoms with Crippen LogP contribution in [0.5, 0.6) is 5.75 Å². The average Bonchev–Trinajstić information content (AvgIpc) is 2.47. The van der Waals surface area contributed by atoms with Crippen molar-refractivity contribution in [2.24, 2.45) is 11.8 Å². The summed E-state index contributed by atoms with van der Waals surface area (Å²) in [6, 6.07) is 3.75. The molecular weight excluding hydrogens is 278 g/mol. The Bertz CT molecular complexity index is 582. The number of carbonyl (C=O) groups excluding carboxylic acids is 1. The maximum atomic E-state index is 12.5. The highest BCUT2D eigenvalue weighted by Gasteiger charge is 2.38. The Kier molecular flexibility index (Phi) is 4.24. The predicted molar refractivity (Wildman–Crippen MR) is 84.6 cm³/mol. The zero-order valence-electron chi connectivity index (χ0n) is 13.4. The third-order valence-electron chi connectivity index (χ3n) is 5.04. The number of hydrogen-bond donors (Lipinski definition) is 2. The van der Waals surface area contributed by atoms with Gasteiger partial charge in [-0.1, -0.05) is 13.8 Å². The number of benzene rings is 1. The molecule has 2 N–H and O–H groups in total. The molecule has 3 rings (SSSR count). The lowest BCUT2D eigenvalue weighted by Gasteiger charge is -2.43. The summed E-state index contributed by atoms with van der Waals surface area (Å²) in [7, 11) is 0. The topological polar surface area (TPSA) is 60.8 Å². The minimum Gasteiger partial charge on any atom is -0.508 e. The number of carbonyl (C=O) groups is 1. The number of piperidine rings is 1. The largest absolute Gasteiger partial charge is 0.508 e. The van der Waals surface area contributed by atoms with Crippen LogP contribution in [0.4, 0.5) is 0 Å². The molecule has 2 atom stereocenters. The number of Topliss-reactive ketones (excluding diaryl/α,β-unsaturated/α-hetero) is 1. The molecule has 0 spiro atoms. The van der Waals surface area contributed by atoms with Crippen molar-refractivity contribution in [3.05, 3.63) is 28.8 Å². The van der Waals surface area contributed by atoms with E-state index in [1.807, 2.05) is 6.07 Å². The number of aliphatic hydroxyl groups is 1. The minimum absolute atomic E-state index is 0.0957. The van der Waals surface area contributed by atoms with Gasteiger partial charge >= 0.3 is 0 Å². The fraction of sp³-hybridized carbons (Fsp3) is 0.611. The van der Waals surface area contributed by atoms with Gasteiger partial charge in [-0.25, -0.2) is 0 Å². The third-order valence-corrected chi connectivity index (χ3v) is 5.04. The highest BCUT2D eigenvalue weighted by atomic mass is 16.3. The highest BCUT2D eigenvalue weighted by Crippen LogP contribution is 2.40. The van der Waals surface area contributed by atoms with Crippen LogP contribution in [-0.2, 0) is 17.8 Å². The van der Waals surface area contributed by atoms with Gasteiger partial charge in [-0.05, 0) is 42.0 Å². The zero-order chi connectivity index (χ0) is 15.9. The normalized spacial score (nSPS) is 25.2. The molecule has 1 aromatic carbocycles. The molecule has 0 saturated carbocycles. The summed E-state index contributed by atoms with van der Waals surface area (Å²) >= 11 is 0. The van der Waals surface area contributed by atoms with Crippen molar-refractivity contribution >= 4 is 5.78 Å². The molecule has 4 heteroatoms. The fourth-order valence-corrected chi connectivity index (χ4v) is 3.94. The van der Waals surface area contributed by atoms with E-state index in [1.54, 1.807) is 6.07 Å². The molecule has 1 saturated heterocycles. The molecule has 0 bridgehead atoms. The van der Waals surface area contributed by atoms with Gasteiger partial charge in [0.2, 0.25) is 0 Å². The molecule has 2 aliphatic rings. The second-order valence-corrected chi connectivity index (χ2v) is 7.10. The van der Waals surface area contributed by atoms with E-state index in [4.69, 9.17) is 0 Å². The van der Waals surface area contributed by atoms with Gasteiger partial charge in [0.25, 0.3) is 0 Å². The summed E-state index contributed by atoms with van der Waals surface area (Å²) in [5.74, 6) is 1.19. The Labute approximate surface area is 131 Å². The van der Waals surface area contributed by atoms with Crippen LogP contribution in [-0.4, -0.2) is 34.0 Å². The van der Waals surface area contributed by atoms with Crippen molar-refractivity contribution in [1.29, 1.82) is 0 Å². The van der Waals surface area contributed by atoms with Gasteiger partial charge in [0.05, 0.1) is 6.61 Å². The fourth-order valence-electron chi connectivity index (χ4n) is 3.94. The Morgan fingerprint density at radius 2 is 2.14 bits per heavy atom. The molecule has 120 valence electrons. The van der Waals surface area contributed by atoms with Gasteiger partial charge in [-0.15, -0.1) is 0 Å². The van der Waals surface area contributed by atoms with Crippen LogP contribution in [0.15, 0.2) is 12.1 Å². The summed E-state index contributed by atoms with van der Waals surface area (Å²) in [4.78, 5) is 14.9. The average molecular weight is 303 g/mol. The first-order valence-electron chi connectivity index (χ1n) is 8.22. The number of ketones is 1. The number of phenols is 1. The molecule has 0 radical (unpaired) electrons. The molecule has 1 unspecified atom stereocenters. The number of aliphatic hydroxyl groups excluding tert-OH is 1. The Hall–Kier alpha value is -1.39. The van der Waals surface area contributed by atoms with Gasteiger partial charge in [0.15, 0.2) is 0 Å². The summed E-state index contributed by atoms with van der Waals surface area (Å²) in [6.45, 7) is 5.97. The third kappa shape index (κ3) is 2.77. The predicted octanol–water partition coefficient (Wildman–Crippen LogP) is 2.42. The van der Waals surface area contributed by atoms with E-state index in [0.717, 1.165) is 31.5 Å². The van der Waals surface area contributed by atoms with Crippen LogP contribution < -0.4 is 0 Å². The molecule has 2 aliphatic heterocycles. The first kappa shape index (κ1) is 15.5. The van der Waals surface area contributed by atoms with Gasteiger partial charge in [-0.3, -0.25) is 9.69 Å². The van der Waals surface area contributed by atoms with Crippen LogP contribution in [0, 0.1) is 11.8 Å². The van der Waals surface area contributed by atoms with Crippen molar-refractivity contribution in [2.45, 2.75) is 45.8 Å². The Balaban J connectivity index is 1.87. The molecule has 0 amide bonds. The zero-order valence-corrected chi connectivity index (χ0v) is 13.4. The van der Waals surface area contributed by atoms with Crippen LogP contribution in [0.3, 0.4) is 0 Å². The van der Waals surface area contributed by atoms with E-state index in [0.29, 0.717) is 23.7 Å². The minimum atomic E-state index is -0.150. The monoisotopic (exact) mass is 303 g/mol. The SMILES string of the molecule is CC(C)C[C@@H]1CN2CCc3cc(CO)c(O)cc3C2CC1=O. The summed E-state index contributed by atoms with van der Waals surface area (Å²) in [5, 5.41) is 19.3. The summed E-state index contributed by atoms with van der Waals surface area (Å²) < 4.78 is 0. The van der Waals surface area contributed by atoms with E-state index in [9.17, 15) is 15.0 Å². The number of rotatable bonds is 3. The van der Waals surface area contributed by atoms with Gasteiger partial charge in [0.1, 0.15) is 11.5 Å². The van der Waals surface area contributed by atoms with Gasteiger partial charge in [-0.2, -0.15) is 0 Å². The van der Waals surface area contributed by atoms with Crippen LogP contribution in [0.1, 0.15) is 49.4 Å². The molecule has 1 fully saturated rings. The number of hydrogen-bond acceptors (Lipinski definition) is 4. The van der Waals surface area contributed by atoms with Crippen molar-refractivity contribution in [1.82, 2.24) is 4.90 Å². The lowest BCUT2D eigenvalue weighted by molar-refractivity contribution is -0.129. The maximum absolute atomic E-state index is 12.5. The smallest absolute Gasteiger partial charge is 0.139 e. The standard InChI is InChI=1S/C18H25NO3/c1-11(2)5-13-9-19-4-3-12-6-14(10-20)17(21)7-15(12)16(19)8-18(13)22/h6-7,11,13,16,20-21H,3-5,8-10H2,1-2H3/t13-,16?/m1/s1. The van der Waals surface area contributed by atoms with E-state index < -0.39 is 0 Å². The lowest BCUT2D eigenvalue weighted by atomic mass is 9.80. The second kappa shape index (κ2) is 6.01. The molecule has 1 aromatic rings. The first-order chi connectivity index (χ1) is 10.5. The Morgan fingerprint density at radius 1 is 1.36 bits per heavy atom. The lowest BCUT2D eigenvalue weighted by Crippen LogP contribution is -2.46. The molecule has 4 nitrogen and oxygen atoms in total. The highest BCUT2D eigenvalue weighted by molar-refractivity contribution is 5.83. The van der Waals surface area contributed by atoms with Crippen LogP contribution >= 0.6 is 0 Å². The summed E-state index contributed by atoms with van der Waals surface area (Å²) in [5.41, 5.74) is 2.81. The number of aromatic hydroxyl groups is 1.